The molecule has 0 aliphatic heterocycles. The maximum atomic E-state index is 13.4. The van der Waals surface area contributed by atoms with Crippen LogP contribution < -0.4 is 20.3 Å². The van der Waals surface area contributed by atoms with E-state index in [1.165, 1.54) is 17.5 Å². The lowest BCUT2D eigenvalue weighted by molar-refractivity contribution is -0.137. The molecule has 5 rings (SSSR count). The number of alkyl halides is 3. The topological polar surface area (TPSA) is 109 Å². The Morgan fingerprint density at radius 1 is 0.867 bits per heavy atom. The van der Waals surface area contributed by atoms with Crippen molar-refractivity contribution in [2.24, 2.45) is 0 Å². The van der Waals surface area contributed by atoms with E-state index in [0.29, 0.717) is 35.1 Å². The summed E-state index contributed by atoms with van der Waals surface area (Å²) in [6, 6.07) is 19.0. The highest BCUT2D eigenvalue weighted by Gasteiger charge is 2.32. The SMILES string of the molecule is CCC(=O)N(CC)c1ncc(-c2ccc(Oc3ccc(NC(=O)Nc4cc(C(F)(F)F)cnc4-c4ccccc4)cn3)cc2)s1. The van der Waals surface area contributed by atoms with Crippen molar-refractivity contribution in [3.8, 4) is 33.3 Å². The first-order chi connectivity index (χ1) is 21.6. The minimum Gasteiger partial charge on any atom is -0.439 e. The largest absolute Gasteiger partial charge is 0.439 e. The third-order valence-electron chi connectivity index (χ3n) is 6.51. The summed E-state index contributed by atoms with van der Waals surface area (Å²) in [7, 11) is 0. The Bertz CT molecular complexity index is 1780. The zero-order valence-electron chi connectivity index (χ0n) is 24.1. The van der Waals surface area contributed by atoms with Crippen LogP contribution in [-0.2, 0) is 11.0 Å². The molecule has 3 heterocycles. The van der Waals surface area contributed by atoms with Gasteiger partial charge in [0.05, 0.1) is 33.7 Å². The third kappa shape index (κ3) is 7.62. The molecule has 0 bridgehead atoms. The fraction of sp³-hybridized carbons (Fsp3) is 0.156. The zero-order chi connectivity index (χ0) is 32.0. The molecule has 2 N–H and O–H groups in total. The van der Waals surface area contributed by atoms with Crippen molar-refractivity contribution in [2.45, 2.75) is 26.4 Å². The van der Waals surface area contributed by atoms with Crippen molar-refractivity contribution in [3.63, 3.8) is 0 Å². The van der Waals surface area contributed by atoms with Gasteiger partial charge >= 0.3 is 12.2 Å². The molecule has 0 aliphatic rings. The quantitative estimate of drug-likeness (QED) is 0.169. The van der Waals surface area contributed by atoms with Gasteiger partial charge in [-0.15, -0.1) is 0 Å². The van der Waals surface area contributed by atoms with Gasteiger partial charge in [-0.1, -0.05) is 48.6 Å². The number of ether oxygens (including phenoxy) is 1. The molecule has 0 saturated carbocycles. The number of amides is 3. The summed E-state index contributed by atoms with van der Waals surface area (Å²) in [4.78, 5) is 40.1. The van der Waals surface area contributed by atoms with Gasteiger partial charge in [-0.05, 0) is 48.9 Å². The van der Waals surface area contributed by atoms with Gasteiger partial charge in [-0.3, -0.25) is 14.7 Å². The maximum Gasteiger partial charge on any atom is 0.417 e. The van der Waals surface area contributed by atoms with Crippen LogP contribution in [0.25, 0.3) is 21.7 Å². The number of urea groups is 1. The summed E-state index contributed by atoms with van der Waals surface area (Å²) < 4.78 is 45.9. The van der Waals surface area contributed by atoms with Crippen LogP contribution in [-0.4, -0.2) is 33.4 Å². The number of nitrogens with zero attached hydrogens (tertiary/aromatic N) is 4. The molecule has 0 fully saturated rings. The van der Waals surface area contributed by atoms with E-state index >= 15 is 0 Å². The number of aromatic nitrogens is 3. The number of halogens is 3. The Morgan fingerprint density at radius 2 is 1.62 bits per heavy atom. The Hall–Kier alpha value is -5.30. The first kappa shape index (κ1) is 31.1. The van der Waals surface area contributed by atoms with Crippen LogP contribution in [0, 0.1) is 0 Å². The number of pyridine rings is 2. The van der Waals surface area contributed by atoms with E-state index in [0.717, 1.165) is 22.7 Å². The summed E-state index contributed by atoms with van der Waals surface area (Å²) in [6.45, 7) is 4.27. The van der Waals surface area contributed by atoms with E-state index in [9.17, 15) is 22.8 Å². The summed E-state index contributed by atoms with van der Waals surface area (Å²) in [5, 5.41) is 5.68. The molecule has 0 saturated heterocycles. The van der Waals surface area contributed by atoms with Crippen molar-refractivity contribution < 1.29 is 27.5 Å². The number of nitrogens with one attached hydrogen (secondary N) is 2. The van der Waals surface area contributed by atoms with Gasteiger partial charge in [0.15, 0.2) is 5.13 Å². The van der Waals surface area contributed by atoms with Crippen LogP contribution in [0.1, 0.15) is 25.8 Å². The highest BCUT2D eigenvalue weighted by Crippen LogP contribution is 2.35. The Morgan fingerprint density at radius 3 is 2.27 bits per heavy atom. The van der Waals surface area contributed by atoms with Gasteiger partial charge in [0.1, 0.15) is 5.75 Å². The lowest BCUT2D eigenvalue weighted by Crippen LogP contribution is -2.29. The number of anilines is 3. The standard InChI is InChI=1S/C32H27F3N6O3S/c1-3-28(42)41(4-2)31-38-19-26(45-31)20-10-13-24(14-11-20)44-27-15-12-23(18-36-27)39-30(43)40-25-16-22(32(33,34)35)17-37-29(25)21-8-6-5-7-9-21/h5-19H,3-4H2,1-2H3,(H2,39,40,43). The number of carbonyl (C=O) groups excluding carboxylic acids is 2. The zero-order valence-corrected chi connectivity index (χ0v) is 24.9. The van der Waals surface area contributed by atoms with E-state index in [-0.39, 0.29) is 23.2 Å². The molecule has 0 aliphatic carbocycles. The van der Waals surface area contributed by atoms with Crippen molar-refractivity contribution >= 4 is 39.8 Å². The van der Waals surface area contributed by atoms with Gasteiger partial charge in [-0.2, -0.15) is 13.2 Å². The number of rotatable bonds is 9. The number of hydrogen-bond donors (Lipinski definition) is 2. The average molecular weight is 633 g/mol. The van der Waals surface area contributed by atoms with Gasteiger partial charge in [0, 0.05) is 37.0 Å². The van der Waals surface area contributed by atoms with Crippen molar-refractivity contribution in [3.05, 3.63) is 97.0 Å². The second-order valence-corrected chi connectivity index (χ2v) is 10.6. The molecule has 2 aromatic carbocycles. The molecule has 0 radical (unpaired) electrons. The van der Waals surface area contributed by atoms with Gasteiger partial charge < -0.3 is 15.4 Å². The van der Waals surface area contributed by atoms with Crippen LogP contribution in [0.2, 0.25) is 0 Å². The van der Waals surface area contributed by atoms with Crippen LogP contribution >= 0.6 is 11.3 Å². The summed E-state index contributed by atoms with van der Waals surface area (Å²) >= 11 is 1.43. The molecular weight excluding hydrogens is 605 g/mol. The van der Waals surface area contributed by atoms with E-state index in [1.54, 1.807) is 65.7 Å². The van der Waals surface area contributed by atoms with E-state index in [2.05, 4.69) is 25.6 Å². The number of hydrogen-bond acceptors (Lipinski definition) is 7. The molecule has 0 spiro atoms. The monoisotopic (exact) mass is 632 g/mol. The average Bonchev–Trinajstić information content (AvgIpc) is 3.52. The second-order valence-electron chi connectivity index (χ2n) is 9.57. The van der Waals surface area contributed by atoms with Gasteiger partial charge in [0.2, 0.25) is 11.8 Å². The smallest absolute Gasteiger partial charge is 0.417 e. The molecule has 3 aromatic heterocycles. The molecule has 3 amide bonds. The fourth-order valence-electron chi connectivity index (χ4n) is 4.28. The van der Waals surface area contributed by atoms with Gasteiger partial charge in [0.25, 0.3) is 0 Å². The molecule has 0 unspecified atom stereocenters. The lowest BCUT2D eigenvalue weighted by atomic mass is 10.1. The predicted molar refractivity (Wildman–Crippen MR) is 167 cm³/mol. The van der Waals surface area contributed by atoms with Gasteiger partial charge in [-0.25, -0.2) is 14.8 Å². The van der Waals surface area contributed by atoms with E-state index in [4.69, 9.17) is 4.74 Å². The Kier molecular flexibility index (Phi) is 9.38. The maximum absolute atomic E-state index is 13.4. The van der Waals surface area contributed by atoms with Crippen LogP contribution in [0.3, 0.4) is 0 Å². The van der Waals surface area contributed by atoms with Crippen LogP contribution in [0.4, 0.5) is 34.5 Å². The minimum absolute atomic E-state index is 0.0155. The number of thiazole rings is 1. The van der Waals surface area contributed by atoms with E-state index in [1.807, 2.05) is 26.0 Å². The molecular formula is C32H27F3N6O3S. The first-order valence-electron chi connectivity index (χ1n) is 13.9. The summed E-state index contributed by atoms with van der Waals surface area (Å²) in [5.41, 5.74) is 0.850. The highest BCUT2D eigenvalue weighted by molar-refractivity contribution is 7.19. The normalized spacial score (nSPS) is 11.1. The van der Waals surface area contributed by atoms with Crippen molar-refractivity contribution in [2.75, 3.05) is 22.1 Å². The predicted octanol–water partition coefficient (Wildman–Crippen LogP) is 8.49. The number of benzene rings is 2. The Labute approximate surface area is 260 Å². The van der Waals surface area contributed by atoms with Crippen molar-refractivity contribution in [1.82, 2.24) is 15.0 Å². The van der Waals surface area contributed by atoms with E-state index < -0.39 is 17.8 Å². The fourth-order valence-corrected chi connectivity index (χ4v) is 5.28. The minimum atomic E-state index is -4.63. The second kappa shape index (κ2) is 13.6. The Balaban J connectivity index is 1.22. The first-order valence-corrected chi connectivity index (χ1v) is 14.7. The number of carbonyl (C=O) groups is 2. The molecule has 0 atom stereocenters. The molecule has 45 heavy (non-hydrogen) atoms. The van der Waals surface area contributed by atoms with Crippen molar-refractivity contribution in [1.29, 1.82) is 0 Å². The highest BCUT2D eigenvalue weighted by atomic mass is 32.1. The lowest BCUT2D eigenvalue weighted by Gasteiger charge is -2.16. The molecule has 5 aromatic rings. The summed E-state index contributed by atoms with van der Waals surface area (Å²) in [5.74, 6) is 0.803. The molecule has 230 valence electrons. The molecule has 9 nitrogen and oxygen atoms in total. The summed E-state index contributed by atoms with van der Waals surface area (Å²) in [6.07, 6.45) is -0.403. The third-order valence-corrected chi connectivity index (χ3v) is 7.58. The van der Waals surface area contributed by atoms with Crippen LogP contribution in [0.5, 0.6) is 11.6 Å². The molecule has 13 heteroatoms. The van der Waals surface area contributed by atoms with Crippen LogP contribution in [0.15, 0.2) is 91.4 Å².